The molecule has 3 nitrogen and oxygen atoms in total. The molecule has 21 heavy (non-hydrogen) atoms. The van der Waals surface area contributed by atoms with Crippen LogP contribution < -0.4 is 10.6 Å². The maximum absolute atomic E-state index is 6.22. The monoisotopic (exact) mass is 287 g/mol. The molecule has 0 aromatic heterocycles. The van der Waals surface area contributed by atoms with Crippen LogP contribution >= 0.6 is 0 Å². The van der Waals surface area contributed by atoms with E-state index in [0.29, 0.717) is 0 Å². The summed E-state index contributed by atoms with van der Waals surface area (Å²) in [6, 6.07) is 10.8. The van der Waals surface area contributed by atoms with Crippen LogP contribution in [0.25, 0.3) is 0 Å². The van der Waals surface area contributed by atoms with Crippen LogP contribution in [0, 0.1) is 5.92 Å². The second-order valence-electron chi connectivity index (χ2n) is 6.94. The van der Waals surface area contributed by atoms with Crippen molar-refractivity contribution in [3.8, 4) is 0 Å². The number of hydrogen-bond acceptors (Lipinski definition) is 3. The molecular formula is C18H29N3. The van der Waals surface area contributed by atoms with Crippen molar-refractivity contribution in [2.75, 3.05) is 37.6 Å². The number of nitrogens with zero attached hydrogens (tertiary/aromatic N) is 2. The van der Waals surface area contributed by atoms with Crippen LogP contribution in [0.4, 0.5) is 5.69 Å². The van der Waals surface area contributed by atoms with E-state index in [4.69, 9.17) is 5.73 Å². The normalized spacial score (nSPS) is 31.3. The Labute approximate surface area is 129 Å². The predicted octanol–water partition coefficient (Wildman–Crippen LogP) is 2.72. The molecule has 1 saturated heterocycles. The van der Waals surface area contributed by atoms with Gasteiger partial charge in [0.2, 0.25) is 0 Å². The van der Waals surface area contributed by atoms with Gasteiger partial charge in [0.15, 0.2) is 0 Å². The first kappa shape index (κ1) is 14.9. The van der Waals surface area contributed by atoms with Gasteiger partial charge in [0.25, 0.3) is 0 Å². The summed E-state index contributed by atoms with van der Waals surface area (Å²) in [5, 5.41) is 0. The van der Waals surface area contributed by atoms with E-state index in [1.54, 1.807) is 0 Å². The summed E-state index contributed by atoms with van der Waals surface area (Å²) in [5.41, 5.74) is 7.86. The highest BCUT2D eigenvalue weighted by atomic mass is 15.3. The molecule has 0 bridgehead atoms. The van der Waals surface area contributed by atoms with E-state index in [2.05, 4.69) is 47.1 Å². The summed E-state index contributed by atoms with van der Waals surface area (Å²) in [7, 11) is 0. The van der Waals surface area contributed by atoms with E-state index in [1.165, 1.54) is 31.4 Å². The standard InChI is InChI=1S/C18H29N3/c1-16-6-5-9-18(14-16,15-19)21-12-10-20(11-13-21)17-7-3-2-4-8-17/h2-4,7-8,16H,5-6,9-15,19H2,1H3. The third-order valence-corrected chi connectivity index (χ3v) is 5.52. The Kier molecular flexibility index (Phi) is 4.51. The molecule has 2 fully saturated rings. The van der Waals surface area contributed by atoms with Crippen LogP contribution in [-0.4, -0.2) is 43.2 Å². The summed E-state index contributed by atoms with van der Waals surface area (Å²) in [6.07, 6.45) is 5.30. The fraction of sp³-hybridized carbons (Fsp3) is 0.667. The smallest absolute Gasteiger partial charge is 0.0367 e. The first-order chi connectivity index (χ1) is 10.2. The molecule has 116 valence electrons. The van der Waals surface area contributed by atoms with Crippen molar-refractivity contribution in [1.82, 2.24) is 4.90 Å². The predicted molar refractivity (Wildman–Crippen MR) is 89.6 cm³/mol. The maximum Gasteiger partial charge on any atom is 0.0367 e. The number of benzene rings is 1. The largest absolute Gasteiger partial charge is 0.369 e. The lowest BCUT2D eigenvalue weighted by molar-refractivity contribution is 0.0347. The molecule has 1 saturated carbocycles. The molecule has 1 aromatic carbocycles. The lowest BCUT2D eigenvalue weighted by atomic mass is 9.75. The zero-order valence-corrected chi connectivity index (χ0v) is 13.3. The van der Waals surface area contributed by atoms with Gasteiger partial charge >= 0.3 is 0 Å². The molecule has 2 N–H and O–H groups in total. The van der Waals surface area contributed by atoms with Gasteiger partial charge in [-0.15, -0.1) is 0 Å². The van der Waals surface area contributed by atoms with Gasteiger partial charge in [0, 0.05) is 44.0 Å². The van der Waals surface area contributed by atoms with Crippen LogP contribution in [0.5, 0.6) is 0 Å². The highest BCUT2D eigenvalue weighted by molar-refractivity contribution is 5.46. The summed E-state index contributed by atoms with van der Waals surface area (Å²) < 4.78 is 0. The minimum Gasteiger partial charge on any atom is -0.369 e. The summed E-state index contributed by atoms with van der Waals surface area (Å²) in [6.45, 7) is 7.77. The van der Waals surface area contributed by atoms with Gasteiger partial charge in [-0.3, -0.25) is 4.90 Å². The zero-order chi connectivity index (χ0) is 14.7. The summed E-state index contributed by atoms with van der Waals surface area (Å²) >= 11 is 0. The Hall–Kier alpha value is -1.06. The van der Waals surface area contributed by atoms with Crippen molar-refractivity contribution in [2.24, 2.45) is 11.7 Å². The average molecular weight is 287 g/mol. The van der Waals surface area contributed by atoms with Gasteiger partial charge in [-0.05, 0) is 30.9 Å². The molecule has 1 aliphatic carbocycles. The molecule has 2 aliphatic rings. The molecule has 0 radical (unpaired) electrons. The van der Waals surface area contributed by atoms with Gasteiger partial charge in [-0.2, -0.15) is 0 Å². The third-order valence-electron chi connectivity index (χ3n) is 5.52. The van der Waals surface area contributed by atoms with Crippen molar-refractivity contribution in [1.29, 1.82) is 0 Å². The summed E-state index contributed by atoms with van der Waals surface area (Å²) in [5.74, 6) is 0.828. The minimum absolute atomic E-state index is 0.278. The fourth-order valence-electron chi connectivity index (χ4n) is 4.31. The molecular weight excluding hydrogens is 258 g/mol. The van der Waals surface area contributed by atoms with E-state index >= 15 is 0 Å². The lowest BCUT2D eigenvalue weighted by Crippen LogP contribution is -2.61. The van der Waals surface area contributed by atoms with Crippen molar-refractivity contribution in [3.05, 3.63) is 30.3 Å². The van der Waals surface area contributed by atoms with Gasteiger partial charge in [0.1, 0.15) is 0 Å². The van der Waals surface area contributed by atoms with Crippen LogP contribution in [-0.2, 0) is 0 Å². The van der Waals surface area contributed by atoms with Gasteiger partial charge in [-0.1, -0.05) is 38.0 Å². The topological polar surface area (TPSA) is 32.5 Å². The minimum atomic E-state index is 0.278. The number of para-hydroxylation sites is 1. The molecule has 3 rings (SSSR count). The number of anilines is 1. The highest BCUT2D eigenvalue weighted by Crippen LogP contribution is 2.37. The molecule has 1 aromatic rings. The van der Waals surface area contributed by atoms with E-state index < -0.39 is 0 Å². The average Bonchev–Trinajstić information content (AvgIpc) is 2.56. The number of nitrogens with two attached hydrogens (primary N) is 1. The van der Waals surface area contributed by atoms with E-state index in [-0.39, 0.29) is 5.54 Å². The van der Waals surface area contributed by atoms with Crippen LogP contribution in [0.15, 0.2) is 30.3 Å². The van der Waals surface area contributed by atoms with Crippen molar-refractivity contribution >= 4 is 5.69 Å². The Bertz CT molecular complexity index is 439. The lowest BCUT2D eigenvalue weighted by Gasteiger charge is -2.51. The SMILES string of the molecule is CC1CCCC(CN)(N2CCN(c3ccccc3)CC2)C1. The van der Waals surface area contributed by atoms with Gasteiger partial charge < -0.3 is 10.6 Å². The quantitative estimate of drug-likeness (QED) is 0.928. The third kappa shape index (κ3) is 3.09. The van der Waals surface area contributed by atoms with Crippen molar-refractivity contribution in [2.45, 2.75) is 38.1 Å². The Morgan fingerprint density at radius 3 is 2.48 bits per heavy atom. The second kappa shape index (κ2) is 6.37. The van der Waals surface area contributed by atoms with Crippen LogP contribution in [0.1, 0.15) is 32.6 Å². The van der Waals surface area contributed by atoms with Crippen molar-refractivity contribution in [3.63, 3.8) is 0 Å². The molecule has 3 heteroatoms. The van der Waals surface area contributed by atoms with Crippen LogP contribution in [0.3, 0.4) is 0 Å². The second-order valence-corrected chi connectivity index (χ2v) is 6.94. The first-order valence-corrected chi connectivity index (χ1v) is 8.49. The molecule has 2 atom stereocenters. The van der Waals surface area contributed by atoms with Gasteiger partial charge in [-0.25, -0.2) is 0 Å². The highest BCUT2D eigenvalue weighted by Gasteiger charge is 2.40. The molecule has 0 amide bonds. The zero-order valence-electron chi connectivity index (χ0n) is 13.3. The molecule has 0 spiro atoms. The van der Waals surface area contributed by atoms with E-state index in [0.717, 1.165) is 38.6 Å². The Morgan fingerprint density at radius 2 is 1.86 bits per heavy atom. The fourth-order valence-corrected chi connectivity index (χ4v) is 4.31. The first-order valence-electron chi connectivity index (χ1n) is 8.49. The number of rotatable bonds is 3. The Morgan fingerprint density at radius 1 is 1.14 bits per heavy atom. The Balaban J connectivity index is 1.64. The van der Waals surface area contributed by atoms with E-state index in [1.807, 2.05) is 0 Å². The van der Waals surface area contributed by atoms with E-state index in [9.17, 15) is 0 Å². The van der Waals surface area contributed by atoms with Gasteiger partial charge in [0.05, 0.1) is 0 Å². The number of piperazine rings is 1. The molecule has 2 unspecified atom stereocenters. The summed E-state index contributed by atoms with van der Waals surface area (Å²) in [4.78, 5) is 5.20. The number of hydrogen-bond donors (Lipinski definition) is 1. The van der Waals surface area contributed by atoms with Crippen LogP contribution in [0.2, 0.25) is 0 Å². The molecule has 1 aliphatic heterocycles. The van der Waals surface area contributed by atoms with Crippen molar-refractivity contribution < 1.29 is 0 Å². The maximum atomic E-state index is 6.22. The molecule has 1 heterocycles.